The average molecular weight is 552 g/mol. The molecule has 0 aliphatic carbocycles. The Morgan fingerprint density at radius 3 is 2.41 bits per heavy atom. The standard InChI is InChI=1S/C29H30FN3O5S/c1-4-5-11-26-32-28(34)27(29(35)33(26)24(18-38-3)21-9-7-6-8-10-21)39(36,37)22-14-12-20(13-15-22)23-17-31-25(30)16-19(23)2/h6-10,12-17,24,35H,4-5,11,18H2,1-3H3/t24-/m0/s1. The summed E-state index contributed by atoms with van der Waals surface area (Å²) in [7, 11) is -2.96. The number of aromatic nitrogens is 3. The molecule has 10 heteroatoms. The van der Waals surface area contributed by atoms with Crippen molar-refractivity contribution in [1.82, 2.24) is 14.5 Å². The topological polar surface area (TPSA) is 111 Å². The van der Waals surface area contributed by atoms with Crippen molar-refractivity contribution in [3.8, 4) is 17.0 Å². The molecule has 204 valence electrons. The zero-order valence-electron chi connectivity index (χ0n) is 22.0. The molecule has 1 N–H and O–H groups in total. The average Bonchev–Trinajstić information content (AvgIpc) is 2.91. The van der Waals surface area contributed by atoms with Gasteiger partial charge in [0.2, 0.25) is 21.7 Å². The van der Waals surface area contributed by atoms with E-state index in [-0.39, 0.29) is 17.3 Å². The molecular formula is C29H30FN3O5S. The number of aromatic hydroxyl groups is 1. The molecule has 0 amide bonds. The van der Waals surface area contributed by atoms with Crippen molar-refractivity contribution in [2.45, 2.75) is 48.9 Å². The Labute approximate surface area is 226 Å². The Kier molecular flexibility index (Phi) is 8.57. The molecule has 2 aromatic carbocycles. The maximum Gasteiger partial charge on any atom is 0.296 e. The van der Waals surface area contributed by atoms with Crippen LogP contribution in [0, 0.1) is 12.9 Å². The van der Waals surface area contributed by atoms with Crippen LogP contribution >= 0.6 is 0 Å². The van der Waals surface area contributed by atoms with Crippen molar-refractivity contribution in [2.24, 2.45) is 0 Å². The van der Waals surface area contributed by atoms with E-state index < -0.39 is 38.2 Å². The first-order valence-corrected chi connectivity index (χ1v) is 14.0. The van der Waals surface area contributed by atoms with Crippen LogP contribution in [0.5, 0.6) is 5.88 Å². The number of halogens is 1. The monoisotopic (exact) mass is 551 g/mol. The minimum Gasteiger partial charge on any atom is -0.493 e. The van der Waals surface area contributed by atoms with Gasteiger partial charge in [-0.3, -0.25) is 9.36 Å². The number of methoxy groups -OCH3 is 1. The number of nitrogens with zero attached hydrogens (tertiary/aromatic N) is 3. The number of hydrogen-bond acceptors (Lipinski definition) is 7. The van der Waals surface area contributed by atoms with E-state index in [1.807, 2.05) is 37.3 Å². The van der Waals surface area contributed by atoms with Crippen LogP contribution in [0.2, 0.25) is 0 Å². The summed E-state index contributed by atoms with van der Waals surface area (Å²) in [5.41, 5.74) is 1.63. The van der Waals surface area contributed by atoms with Crippen LogP contribution in [-0.4, -0.2) is 41.8 Å². The van der Waals surface area contributed by atoms with E-state index in [4.69, 9.17) is 4.74 Å². The summed E-state index contributed by atoms with van der Waals surface area (Å²) < 4.78 is 47.7. The van der Waals surface area contributed by atoms with Crippen molar-refractivity contribution in [3.05, 3.63) is 100 Å². The molecule has 4 aromatic rings. The summed E-state index contributed by atoms with van der Waals surface area (Å²) in [6.45, 7) is 3.82. The second kappa shape index (κ2) is 11.9. The summed E-state index contributed by atoms with van der Waals surface area (Å²) in [5, 5.41) is 11.4. The van der Waals surface area contributed by atoms with Gasteiger partial charge >= 0.3 is 0 Å². The normalized spacial score (nSPS) is 12.4. The molecule has 0 saturated carbocycles. The first-order valence-electron chi connectivity index (χ1n) is 12.5. The second-order valence-electron chi connectivity index (χ2n) is 9.19. The molecule has 0 bridgehead atoms. The molecule has 0 fully saturated rings. The minimum absolute atomic E-state index is 0.112. The molecule has 0 aliphatic rings. The molecule has 0 saturated heterocycles. The van der Waals surface area contributed by atoms with Crippen LogP contribution in [0.3, 0.4) is 0 Å². The van der Waals surface area contributed by atoms with Crippen LogP contribution < -0.4 is 5.56 Å². The number of hydrogen-bond donors (Lipinski definition) is 1. The van der Waals surface area contributed by atoms with Crippen LogP contribution in [0.25, 0.3) is 11.1 Å². The van der Waals surface area contributed by atoms with E-state index in [9.17, 15) is 22.7 Å². The van der Waals surface area contributed by atoms with Gasteiger partial charge in [-0.05, 0) is 48.2 Å². The van der Waals surface area contributed by atoms with Gasteiger partial charge in [0.1, 0.15) is 5.82 Å². The van der Waals surface area contributed by atoms with E-state index in [1.165, 1.54) is 36.1 Å². The number of aryl methyl sites for hydroxylation is 2. The van der Waals surface area contributed by atoms with Crippen molar-refractivity contribution < 1.29 is 22.7 Å². The molecule has 39 heavy (non-hydrogen) atoms. The van der Waals surface area contributed by atoms with Gasteiger partial charge in [0.05, 0.1) is 17.5 Å². The molecule has 2 heterocycles. The molecular weight excluding hydrogens is 521 g/mol. The largest absolute Gasteiger partial charge is 0.493 e. The zero-order valence-corrected chi connectivity index (χ0v) is 22.8. The summed E-state index contributed by atoms with van der Waals surface area (Å²) >= 11 is 0. The predicted octanol–water partition coefficient (Wildman–Crippen LogP) is 4.87. The fraction of sp³-hybridized carbons (Fsp3) is 0.276. The third kappa shape index (κ3) is 5.76. The molecule has 0 radical (unpaired) electrons. The number of benzene rings is 2. The molecule has 4 rings (SSSR count). The van der Waals surface area contributed by atoms with Crippen LogP contribution in [0.1, 0.15) is 42.8 Å². The fourth-order valence-electron chi connectivity index (χ4n) is 4.53. The van der Waals surface area contributed by atoms with Gasteiger partial charge in [-0.15, -0.1) is 0 Å². The number of sulfone groups is 1. The summed E-state index contributed by atoms with van der Waals surface area (Å²) in [4.78, 5) is 20.0. The highest BCUT2D eigenvalue weighted by Gasteiger charge is 2.32. The van der Waals surface area contributed by atoms with E-state index in [2.05, 4.69) is 9.97 Å². The third-order valence-corrected chi connectivity index (χ3v) is 8.32. The quantitative estimate of drug-likeness (QED) is 0.280. The molecule has 0 aliphatic heterocycles. The van der Waals surface area contributed by atoms with Gasteiger partial charge in [0.25, 0.3) is 5.56 Å². The molecule has 2 aromatic heterocycles. The van der Waals surface area contributed by atoms with Crippen LogP contribution in [0.15, 0.2) is 81.4 Å². The zero-order chi connectivity index (χ0) is 28.2. The molecule has 0 unspecified atom stereocenters. The molecule has 8 nitrogen and oxygen atoms in total. The number of rotatable bonds is 10. The van der Waals surface area contributed by atoms with E-state index >= 15 is 0 Å². The molecule has 0 spiro atoms. The van der Waals surface area contributed by atoms with Gasteiger partial charge in [-0.1, -0.05) is 55.8 Å². The minimum atomic E-state index is -4.47. The smallest absolute Gasteiger partial charge is 0.296 e. The number of ether oxygens (including phenoxy) is 1. The Morgan fingerprint density at radius 1 is 1.10 bits per heavy atom. The lowest BCUT2D eigenvalue weighted by Crippen LogP contribution is -2.29. The summed E-state index contributed by atoms with van der Waals surface area (Å²) in [5.74, 6) is -1.02. The molecule has 1 atom stereocenters. The highest BCUT2D eigenvalue weighted by Crippen LogP contribution is 2.33. The van der Waals surface area contributed by atoms with Crippen molar-refractivity contribution in [1.29, 1.82) is 0 Å². The number of unbranched alkanes of at least 4 members (excludes halogenated alkanes) is 1. The highest BCUT2D eigenvalue weighted by molar-refractivity contribution is 7.91. The van der Waals surface area contributed by atoms with Crippen molar-refractivity contribution in [2.75, 3.05) is 13.7 Å². The Morgan fingerprint density at radius 2 is 1.79 bits per heavy atom. The van der Waals surface area contributed by atoms with Crippen LogP contribution in [0.4, 0.5) is 4.39 Å². The Balaban J connectivity index is 1.86. The SMILES string of the molecule is CCCCc1nc(=O)c(S(=O)(=O)c2ccc(-c3cnc(F)cc3C)cc2)c(O)n1[C@@H](COC)c1ccccc1. The predicted molar refractivity (Wildman–Crippen MR) is 145 cm³/mol. The van der Waals surface area contributed by atoms with Gasteiger partial charge in [-0.2, -0.15) is 9.37 Å². The number of pyridine rings is 1. The fourth-order valence-corrected chi connectivity index (χ4v) is 5.88. The van der Waals surface area contributed by atoms with Crippen molar-refractivity contribution in [3.63, 3.8) is 0 Å². The Hall–Kier alpha value is -3.89. The summed E-state index contributed by atoms with van der Waals surface area (Å²) in [6, 6.07) is 15.6. The lowest BCUT2D eigenvalue weighted by Gasteiger charge is -2.25. The van der Waals surface area contributed by atoms with Gasteiger partial charge < -0.3 is 9.84 Å². The van der Waals surface area contributed by atoms with E-state index in [1.54, 1.807) is 19.1 Å². The third-order valence-electron chi connectivity index (χ3n) is 6.53. The first kappa shape index (κ1) is 28.1. The maximum atomic E-state index is 13.7. The lowest BCUT2D eigenvalue weighted by molar-refractivity contribution is 0.161. The second-order valence-corrected chi connectivity index (χ2v) is 11.1. The van der Waals surface area contributed by atoms with E-state index in [0.717, 1.165) is 12.0 Å². The summed E-state index contributed by atoms with van der Waals surface area (Å²) in [6.07, 6.45) is 3.24. The van der Waals surface area contributed by atoms with Crippen molar-refractivity contribution >= 4 is 9.84 Å². The highest BCUT2D eigenvalue weighted by atomic mass is 32.2. The Bertz CT molecular complexity index is 1620. The van der Waals surface area contributed by atoms with Gasteiger partial charge in [0, 0.05) is 25.3 Å². The first-order chi connectivity index (χ1) is 18.7. The van der Waals surface area contributed by atoms with Crippen LogP contribution in [-0.2, 0) is 21.0 Å². The maximum absolute atomic E-state index is 13.7. The van der Waals surface area contributed by atoms with Gasteiger partial charge in [0.15, 0.2) is 4.90 Å². The van der Waals surface area contributed by atoms with Gasteiger partial charge in [-0.25, -0.2) is 13.4 Å². The lowest BCUT2D eigenvalue weighted by atomic mass is 10.0. The van der Waals surface area contributed by atoms with E-state index in [0.29, 0.717) is 29.5 Å².